The molecule has 308 valence electrons. The summed E-state index contributed by atoms with van der Waals surface area (Å²) >= 11 is 0. The zero-order valence-electron chi connectivity index (χ0n) is 33.2. The third-order valence-electron chi connectivity index (χ3n) is 12.0. The Balaban J connectivity index is 0.000000240. The molecule has 12 nitrogen and oxygen atoms in total. The Hall–Kier alpha value is -1.28. The topological polar surface area (TPSA) is 176 Å². The molecule has 0 aromatic heterocycles. The standard InChI is InChI=1S/2C21H34O6.Ca/c2*22-17-18(23)20(24)26-19(17)16-15-25-21(27-16)13-11-9-7-5-3-1-2-4-6-8-10-12-14-21;/h2*16,19,22-23H,1-15H2;/q;;+2/p-2. The summed E-state index contributed by atoms with van der Waals surface area (Å²) in [5.41, 5.74) is 0. The van der Waals surface area contributed by atoms with Crippen LogP contribution in [0.2, 0.25) is 0 Å². The first-order valence-electron chi connectivity index (χ1n) is 21.5. The Bertz CT molecular complexity index is 1130. The van der Waals surface area contributed by atoms with Gasteiger partial charge in [-0.3, -0.25) is 0 Å². The van der Waals surface area contributed by atoms with Crippen LogP contribution in [0.3, 0.4) is 0 Å². The molecule has 6 rings (SSSR count). The van der Waals surface area contributed by atoms with Gasteiger partial charge in [0.15, 0.2) is 23.1 Å². The molecule has 4 heterocycles. The van der Waals surface area contributed by atoms with E-state index in [9.17, 15) is 30.0 Å². The van der Waals surface area contributed by atoms with Gasteiger partial charge in [0.1, 0.15) is 24.4 Å². The van der Waals surface area contributed by atoms with Crippen LogP contribution in [-0.2, 0) is 38.0 Å². The third kappa shape index (κ3) is 13.9. The van der Waals surface area contributed by atoms with Crippen LogP contribution in [0.15, 0.2) is 23.0 Å². The number of rotatable bonds is 2. The minimum atomic E-state index is -1.08. The van der Waals surface area contributed by atoms with E-state index >= 15 is 0 Å². The smallest absolute Gasteiger partial charge is 0.870 e. The van der Waals surface area contributed by atoms with Crippen molar-refractivity contribution in [3.05, 3.63) is 23.0 Å². The van der Waals surface area contributed by atoms with Gasteiger partial charge in [-0.2, -0.15) is 0 Å². The summed E-state index contributed by atoms with van der Waals surface area (Å²) in [4.78, 5) is 22.9. The zero-order valence-corrected chi connectivity index (χ0v) is 35.4. The van der Waals surface area contributed by atoms with Crippen molar-refractivity contribution < 1.29 is 58.4 Å². The van der Waals surface area contributed by atoms with Crippen LogP contribution in [0.4, 0.5) is 0 Å². The van der Waals surface area contributed by atoms with E-state index in [1.54, 1.807) is 0 Å². The molecule has 0 radical (unpaired) electrons. The minimum absolute atomic E-state index is 0. The molecule has 0 aromatic carbocycles. The molecule has 0 bridgehead atoms. The van der Waals surface area contributed by atoms with Crippen LogP contribution in [0, 0.1) is 0 Å². The number of hydrogen-bond acceptors (Lipinski definition) is 12. The number of carbonyl (C=O) groups is 2. The fraction of sp³-hybridized carbons (Fsp3) is 0.857. The van der Waals surface area contributed by atoms with Gasteiger partial charge in [0.25, 0.3) is 0 Å². The third-order valence-corrected chi connectivity index (χ3v) is 12.0. The molecule has 2 spiro atoms. The van der Waals surface area contributed by atoms with Crippen molar-refractivity contribution in [3.63, 3.8) is 0 Å². The quantitative estimate of drug-likeness (QED) is 0.219. The maximum absolute atomic E-state index is 12.0. The molecule has 2 saturated carbocycles. The number of ether oxygens (including phenoxy) is 6. The minimum Gasteiger partial charge on any atom is -0.870 e. The summed E-state index contributed by atoms with van der Waals surface area (Å²) in [5.74, 6) is -6.33. The monoisotopic (exact) mass is 802 g/mol. The van der Waals surface area contributed by atoms with Gasteiger partial charge >= 0.3 is 49.7 Å². The van der Waals surface area contributed by atoms with Gasteiger partial charge in [-0.1, -0.05) is 128 Å². The molecule has 55 heavy (non-hydrogen) atoms. The van der Waals surface area contributed by atoms with Gasteiger partial charge in [-0.15, -0.1) is 0 Å². The average Bonchev–Trinajstić information content (AvgIpc) is 3.91. The molecule has 2 aliphatic carbocycles. The van der Waals surface area contributed by atoms with Gasteiger partial charge in [0, 0.05) is 25.7 Å². The van der Waals surface area contributed by atoms with Crippen LogP contribution in [-0.4, -0.2) is 109 Å². The Morgan fingerprint density at radius 3 is 0.891 bits per heavy atom. The van der Waals surface area contributed by atoms with E-state index in [1.165, 1.54) is 103 Å². The van der Waals surface area contributed by atoms with Crippen molar-refractivity contribution in [2.24, 2.45) is 0 Å². The first-order valence-corrected chi connectivity index (χ1v) is 21.5. The van der Waals surface area contributed by atoms with E-state index in [0.717, 1.165) is 77.0 Å². The summed E-state index contributed by atoms with van der Waals surface area (Å²) < 4.78 is 34.5. The van der Waals surface area contributed by atoms with Crippen molar-refractivity contribution in [1.82, 2.24) is 0 Å². The van der Waals surface area contributed by atoms with Crippen molar-refractivity contribution >= 4 is 49.7 Å². The van der Waals surface area contributed by atoms with Gasteiger partial charge < -0.3 is 48.8 Å². The van der Waals surface area contributed by atoms with E-state index in [0.29, 0.717) is 0 Å². The summed E-state index contributed by atoms with van der Waals surface area (Å²) in [6.07, 6.45) is 29.4. The second kappa shape index (κ2) is 24.0. The summed E-state index contributed by atoms with van der Waals surface area (Å²) in [5, 5.41) is 43.0. The molecule has 2 saturated heterocycles. The molecule has 4 unspecified atom stereocenters. The number of aliphatic hydroxyl groups is 2. The Morgan fingerprint density at radius 1 is 0.436 bits per heavy atom. The van der Waals surface area contributed by atoms with Gasteiger partial charge in [0.2, 0.25) is 0 Å². The predicted octanol–water partition coefficient (Wildman–Crippen LogP) is 6.88. The van der Waals surface area contributed by atoms with Gasteiger partial charge in [0.05, 0.1) is 13.2 Å². The van der Waals surface area contributed by atoms with E-state index < -0.39 is 71.0 Å². The molecular formula is C42H66CaO12. The van der Waals surface area contributed by atoms with Crippen LogP contribution in [0.25, 0.3) is 0 Å². The van der Waals surface area contributed by atoms with Crippen molar-refractivity contribution in [3.8, 4) is 0 Å². The maximum Gasteiger partial charge on any atom is 2.00 e. The SMILES string of the molecule is O=C1OC(C2COC3(CCCCCCCCCCCCCC3)O2)C([O-])=C1O.O=C1OC(C2COC3(CCCCCCCCCCCCCC3)O2)C([O-])=C1O.[Ca+2]. The Kier molecular flexibility index (Phi) is 20.2. The largest absolute Gasteiger partial charge is 2.00 e. The summed E-state index contributed by atoms with van der Waals surface area (Å²) in [6.45, 7) is 0.438. The number of carbonyl (C=O) groups excluding carboxylic acids is 2. The molecule has 0 amide bonds. The van der Waals surface area contributed by atoms with Crippen LogP contribution >= 0.6 is 0 Å². The molecule has 4 fully saturated rings. The first kappa shape index (κ1) is 46.4. The van der Waals surface area contributed by atoms with Crippen LogP contribution in [0.1, 0.15) is 180 Å². The van der Waals surface area contributed by atoms with E-state index in [2.05, 4.69) is 0 Å². The molecular weight excluding hydrogens is 737 g/mol. The molecule has 2 N–H and O–H groups in total. The van der Waals surface area contributed by atoms with Crippen LogP contribution < -0.4 is 10.2 Å². The molecule has 4 aliphatic heterocycles. The second-order valence-electron chi connectivity index (χ2n) is 16.3. The molecule has 4 atom stereocenters. The summed E-state index contributed by atoms with van der Waals surface area (Å²) in [7, 11) is 0. The van der Waals surface area contributed by atoms with Crippen molar-refractivity contribution in [2.75, 3.05) is 13.2 Å². The fourth-order valence-electron chi connectivity index (χ4n) is 8.75. The number of aliphatic hydroxyl groups excluding tert-OH is 2. The van der Waals surface area contributed by atoms with E-state index in [1.807, 2.05) is 0 Å². The number of hydrogen-bond donors (Lipinski definition) is 2. The Morgan fingerprint density at radius 2 is 0.673 bits per heavy atom. The van der Waals surface area contributed by atoms with Gasteiger partial charge in [-0.25, -0.2) is 9.59 Å². The first-order chi connectivity index (χ1) is 26.2. The zero-order chi connectivity index (χ0) is 38.2. The van der Waals surface area contributed by atoms with E-state index in [-0.39, 0.29) is 51.0 Å². The van der Waals surface area contributed by atoms with Crippen LogP contribution in [0.5, 0.6) is 0 Å². The fourth-order valence-corrected chi connectivity index (χ4v) is 8.75. The average molecular weight is 803 g/mol. The predicted molar refractivity (Wildman–Crippen MR) is 201 cm³/mol. The molecule has 13 heteroatoms. The summed E-state index contributed by atoms with van der Waals surface area (Å²) in [6, 6.07) is 0. The second-order valence-corrected chi connectivity index (χ2v) is 16.3. The van der Waals surface area contributed by atoms with Gasteiger partial charge in [-0.05, 0) is 37.2 Å². The normalized spacial score (nSPS) is 30.9. The maximum atomic E-state index is 12.0. The van der Waals surface area contributed by atoms with Crippen molar-refractivity contribution in [1.29, 1.82) is 0 Å². The number of cyclic esters (lactones) is 2. The molecule has 0 aromatic rings. The van der Waals surface area contributed by atoms with E-state index in [4.69, 9.17) is 28.4 Å². The number of esters is 2. The Labute approximate surface area is 358 Å². The molecule has 6 aliphatic rings. The van der Waals surface area contributed by atoms with Crippen molar-refractivity contribution in [2.45, 2.75) is 216 Å².